The number of hydrogen-bond acceptors (Lipinski definition) is 2. The lowest BCUT2D eigenvalue weighted by molar-refractivity contribution is 0.146. The second-order valence-electron chi connectivity index (χ2n) is 5.98. The fraction of sp³-hybridized carbons (Fsp3) is 0.812. The predicted molar refractivity (Wildman–Crippen MR) is 78.0 cm³/mol. The monoisotopic (exact) mass is 264 g/mol. The van der Waals surface area contributed by atoms with Crippen molar-refractivity contribution in [3.05, 3.63) is 18.2 Å². The number of hydrogen-bond donors (Lipinski definition) is 1. The summed E-state index contributed by atoms with van der Waals surface area (Å²) in [6, 6.07) is 0. The third-order valence-corrected chi connectivity index (χ3v) is 4.32. The molecule has 0 aliphatic heterocycles. The molecule has 1 unspecified atom stereocenters. The van der Waals surface area contributed by atoms with Gasteiger partial charge in [0.2, 0.25) is 0 Å². The first-order valence-electron chi connectivity index (χ1n) is 7.97. The van der Waals surface area contributed by atoms with Crippen LogP contribution in [0, 0.1) is 5.92 Å². The van der Waals surface area contributed by atoms with E-state index in [4.69, 9.17) is 0 Å². The maximum absolute atomic E-state index is 10.2. The Kier molecular flexibility index (Phi) is 5.90. The lowest BCUT2D eigenvalue weighted by Gasteiger charge is -2.22. The van der Waals surface area contributed by atoms with Gasteiger partial charge in [0.1, 0.15) is 5.82 Å². The highest BCUT2D eigenvalue weighted by molar-refractivity contribution is 4.94. The molecule has 0 aromatic carbocycles. The summed E-state index contributed by atoms with van der Waals surface area (Å²) in [7, 11) is 0. The molecular weight excluding hydrogens is 236 g/mol. The number of imidazole rings is 1. The fourth-order valence-corrected chi connectivity index (χ4v) is 3.19. The Labute approximate surface area is 117 Å². The van der Waals surface area contributed by atoms with Gasteiger partial charge in [-0.05, 0) is 25.2 Å². The Morgan fingerprint density at radius 3 is 2.89 bits per heavy atom. The van der Waals surface area contributed by atoms with Crippen molar-refractivity contribution < 1.29 is 5.11 Å². The SMILES string of the molecule is CCCn1ccnc1CC(O)CCC1CCCCC1. The summed E-state index contributed by atoms with van der Waals surface area (Å²) < 4.78 is 2.17. The number of aromatic nitrogens is 2. The molecule has 3 nitrogen and oxygen atoms in total. The lowest BCUT2D eigenvalue weighted by atomic mass is 9.85. The largest absolute Gasteiger partial charge is 0.393 e. The summed E-state index contributed by atoms with van der Waals surface area (Å²) >= 11 is 0. The standard InChI is InChI=1S/C16H28N2O/c1-2-11-18-12-10-17-16(18)13-15(19)9-8-14-6-4-3-5-7-14/h10,12,14-15,19H,2-9,11,13H2,1H3. The molecule has 2 rings (SSSR count). The minimum Gasteiger partial charge on any atom is -0.393 e. The minimum atomic E-state index is -0.222. The first-order valence-corrected chi connectivity index (χ1v) is 7.97. The van der Waals surface area contributed by atoms with Crippen LogP contribution in [0.25, 0.3) is 0 Å². The molecule has 1 aromatic heterocycles. The van der Waals surface area contributed by atoms with Gasteiger partial charge in [-0.25, -0.2) is 4.98 Å². The van der Waals surface area contributed by atoms with Crippen LogP contribution in [-0.4, -0.2) is 20.8 Å². The van der Waals surface area contributed by atoms with E-state index in [-0.39, 0.29) is 6.10 Å². The van der Waals surface area contributed by atoms with Gasteiger partial charge in [-0.2, -0.15) is 0 Å². The van der Waals surface area contributed by atoms with E-state index >= 15 is 0 Å². The molecule has 0 saturated heterocycles. The van der Waals surface area contributed by atoms with Crippen LogP contribution in [0.4, 0.5) is 0 Å². The zero-order chi connectivity index (χ0) is 13.5. The second kappa shape index (κ2) is 7.68. The quantitative estimate of drug-likeness (QED) is 0.817. The van der Waals surface area contributed by atoms with E-state index < -0.39 is 0 Å². The van der Waals surface area contributed by atoms with Crippen LogP contribution in [0.3, 0.4) is 0 Å². The van der Waals surface area contributed by atoms with E-state index in [1.54, 1.807) is 0 Å². The van der Waals surface area contributed by atoms with Gasteiger partial charge < -0.3 is 9.67 Å². The van der Waals surface area contributed by atoms with Crippen molar-refractivity contribution in [3.8, 4) is 0 Å². The van der Waals surface area contributed by atoms with E-state index in [0.29, 0.717) is 6.42 Å². The Balaban J connectivity index is 1.73. The molecule has 0 radical (unpaired) electrons. The first kappa shape index (κ1) is 14.6. The topological polar surface area (TPSA) is 38.0 Å². The highest BCUT2D eigenvalue weighted by Crippen LogP contribution is 2.28. The molecule has 0 bridgehead atoms. The van der Waals surface area contributed by atoms with Gasteiger partial charge in [0, 0.05) is 25.4 Å². The van der Waals surface area contributed by atoms with Gasteiger partial charge in [-0.1, -0.05) is 39.0 Å². The molecule has 1 atom stereocenters. The number of rotatable bonds is 7. The number of aliphatic hydroxyl groups is 1. The summed E-state index contributed by atoms with van der Waals surface area (Å²) in [4.78, 5) is 4.37. The molecule has 108 valence electrons. The van der Waals surface area contributed by atoms with Crippen molar-refractivity contribution >= 4 is 0 Å². The predicted octanol–water partition coefficient (Wildman–Crippen LogP) is 3.56. The molecule has 1 aromatic rings. The van der Waals surface area contributed by atoms with Gasteiger partial charge in [-0.15, -0.1) is 0 Å². The molecular formula is C16H28N2O. The van der Waals surface area contributed by atoms with Crippen LogP contribution < -0.4 is 0 Å². The van der Waals surface area contributed by atoms with Crippen molar-refractivity contribution in [1.29, 1.82) is 0 Å². The van der Waals surface area contributed by atoms with E-state index in [9.17, 15) is 5.11 Å². The third-order valence-electron chi connectivity index (χ3n) is 4.32. The molecule has 1 fully saturated rings. The Morgan fingerprint density at radius 2 is 2.16 bits per heavy atom. The van der Waals surface area contributed by atoms with E-state index in [0.717, 1.165) is 31.1 Å². The zero-order valence-electron chi connectivity index (χ0n) is 12.2. The van der Waals surface area contributed by atoms with E-state index in [2.05, 4.69) is 16.5 Å². The smallest absolute Gasteiger partial charge is 0.111 e. The molecule has 3 heteroatoms. The zero-order valence-corrected chi connectivity index (χ0v) is 12.2. The van der Waals surface area contributed by atoms with Crippen LogP contribution in [0.2, 0.25) is 0 Å². The molecule has 1 saturated carbocycles. The van der Waals surface area contributed by atoms with Gasteiger partial charge in [-0.3, -0.25) is 0 Å². The van der Waals surface area contributed by atoms with E-state index in [1.807, 2.05) is 12.4 Å². The van der Waals surface area contributed by atoms with Crippen molar-refractivity contribution in [1.82, 2.24) is 9.55 Å². The third kappa shape index (κ3) is 4.64. The van der Waals surface area contributed by atoms with Crippen LogP contribution in [-0.2, 0) is 13.0 Å². The molecule has 1 N–H and O–H groups in total. The van der Waals surface area contributed by atoms with Crippen molar-refractivity contribution in [3.63, 3.8) is 0 Å². The molecule has 0 spiro atoms. The average molecular weight is 264 g/mol. The molecule has 1 heterocycles. The summed E-state index contributed by atoms with van der Waals surface area (Å²) in [5, 5.41) is 10.2. The average Bonchev–Trinajstić information content (AvgIpc) is 2.85. The summed E-state index contributed by atoms with van der Waals surface area (Å²) in [6.45, 7) is 3.17. The van der Waals surface area contributed by atoms with Gasteiger partial charge in [0.05, 0.1) is 6.10 Å². The van der Waals surface area contributed by atoms with E-state index in [1.165, 1.54) is 38.5 Å². The summed E-state index contributed by atoms with van der Waals surface area (Å²) in [5.41, 5.74) is 0. The number of aryl methyl sites for hydroxylation is 1. The van der Waals surface area contributed by atoms with Gasteiger partial charge in [0.15, 0.2) is 0 Å². The second-order valence-corrected chi connectivity index (χ2v) is 5.98. The maximum atomic E-state index is 10.2. The molecule has 1 aliphatic rings. The molecule has 19 heavy (non-hydrogen) atoms. The van der Waals surface area contributed by atoms with Crippen LogP contribution in [0.15, 0.2) is 12.4 Å². The van der Waals surface area contributed by atoms with Crippen molar-refractivity contribution in [2.24, 2.45) is 5.92 Å². The summed E-state index contributed by atoms with van der Waals surface area (Å²) in [6.07, 6.45) is 14.5. The van der Waals surface area contributed by atoms with Crippen LogP contribution >= 0.6 is 0 Å². The molecule has 0 amide bonds. The van der Waals surface area contributed by atoms with Crippen molar-refractivity contribution in [2.45, 2.75) is 77.4 Å². The molecule has 1 aliphatic carbocycles. The number of nitrogens with zero attached hydrogens (tertiary/aromatic N) is 2. The normalized spacial score (nSPS) is 18.6. The van der Waals surface area contributed by atoms with Gasteiger partial charge >= 0.3 is 0 Å². The Bertz CT molecular complexity index is 355. The summed E-state index contributed by atoms with van der Waals surface area (Å²) in [5.74, 6) is 1.90. The highest BCUT2D eigenvalue weighted by atomic mass is 16.3. The maximum Gasteiger partial charge on any atom is 0.111 e. The van der Waals surface area contributed by atoms with Crippen LogP contribution in [0.1, 0.15) is 64.1 Å². The highest BCUT2D eigenvalue weighted by Gasteiger charge is 2.16. The van der Waals surface area contributed by atoms with Gasteiger partial charge in [0.25, 0.3) is 0 Å². The van der Waals surface area contributed by atoms with Crippen LogP contribution in [0.5, 0.6) is 0 Å². The van der Waals surface area contributed by atoms with Crippen molar-refractivity contribution in [2.75, 3.05) is 0 Å². The lowest BCUT2D eigenvalue weighted by Crippen LogP contribution is -2.17. The fourth-order valence-electron chi connectivity index (χ4n) is 3.19. The number of aliphatic hydroxyl groups excluding tert-OH is 1. The Morgan fingerprint density at radius 1 is 1.37 bits per heavy atom. The minimum absolute atomic E-state index is 0.222. The first-order chi connectivity index (χ1) is 9.29. The Hall–Kier alpha value is -0.830.